The van der Waals surface area contributed by atoms with Crippen molar-refractivity contribution in [2.24, 2.45) is 11.8 Å². The molecule has 1 aromatic rings. The largest absolute Gasteiger partial charge is 0.477 e. The smallest absolute Gasteiger partial charge is 0.345 e. The van der Waals surface area contributed by atoms with Gasteiger partial charge in [-0.1, -0.05) is 32.6 Å². The van der Waals surface area contributed by atoms with Crippen LogP contribution in [-0.4, -0.2) is 26.0 Å². The van der Waals surface area contributed by atoms with Crippen molar-refractivity contribution in [3.8, 4) is 0 Å². The van der Waals surface area contributed by atoms with Crippen LogP contribution >= 0.6 is 11.3 Å². The van der Waals surface area contributed by atoms with E-state index in [1.807, 2.05) is 0 Å². The first-order valence-corrected chi connectivity index (χ1v) is 9.51. The molecule has 0 saturated heterocycles. The molecule has 5 nitrogen and oxygen atoms in total. The Hall–Kier alpha value is -0.920. The maximum Gasteiger partial charge on any atom is 0.345 e. The van der Waals surface area contributed by atoms with E-state index >= 15 is 0 Å². The molecule has 0 spiro atoms. The van der Waals surface area contributed by atoms with Crippen molar-refractivity contribution in [2.75, 3.05) is 6.54 Å². The highest BCUT2D eigenvalue weighted by molar-refractivity contribution is 7.91. The van der Waals surface area contributed by atoms with Gasteiger partial charge in [-0.2, -0.15) is 0 Å². The average molecular weight is 331 g/mol. The van der Waals surface area contributed by atoms with Crippen LogP contribution in [0.2, 0.25) is 0 Å². The summed E-state index contributed by atoms with van der Waals surface area (Å²) in [5, 5.41) is 8.83. The van der Waals surface area contributed by atoms with Gasteiger partial charge in [0.25, 0.3) is 0 Å². The lowest BCUT2D eigenvalue weighted by Crippen LogP contribution is -2.26. The molecule has 2 rings (SSSR count). The molecular weight excluding hydrogens is 310 g/mol. The molecule has 21 heavy (non-hydrogen) atoms. The number of nitrogens with one attached hydrogen (secondary N) is 1. The second kappa shape index (κ2) is 6.89. The van der Waals surface area contributed by atoms with Crippen LogP contribution < -0.4 is 4.72 Å². The number of hydrogen-bond donors (Lipinski definition) is 2. The van der Waals surface area contributed by atoms with Crippen LogP contribution in [0.25, 0.3) is 0 Å². The van der Waals surface area contributed by atoms with Gasteiger partial charge < -0.3 is 5.11 Å². The second-order valence-electron chi connectivity index (χ2n) is 5.74. The molecule has 118 valence electrons. The van der Waals surface area contributed by atoms with Crippen molar-refractivity contribution in [3.63, 3.8) is 0 Å². The monoisotopic (exact) mass is 331 g/mol. The summed E-state index contributed by atoms with van der Waals surface area (Å²) in [7, 11) is -3.58. The van der Waals surface area contributed by atoms with Crippen molar-refractivity contribution in [1.29, 1.82) is 0 Å². The molecule has 0 unspecified atom stereocenters. The minimum absolute atomic E-state index is 0.0386. The maximum absolute atomic E-state index is 12.1. The summed E-state index contributed by atoms with van der Waals surface area (Å²) < 4.78 is 26.8. The topological polar surface area (TPSA) is 83.5 Å². The third-order valence-corrected chi connectivity index (χ3v) is 7.06. The molecule has 7 heteroatoms. The Morgan fingerprint density at radius 1 is 1.33 bits per heavy atom. The minimum Gasteiger partial charge on any atom is -0.477 e. The molecule has 1 aliphatic rings. The Morgan fingerprint density at radius 2 is 2.00 bits per heavy atom. The van der Waals surface area contributed by atoms with Gasteiger partial charge in [0, 0.05) is 6.54 Å². The molecule has 1 aromatic heterocycles. The zero-order valence-corrected chi connectivity index (χ0v) is 13.7. The standard InChI is InChI=1S/C14H21NO4S2/c1-10-2-4-11(5-3-10)8-9-15-21(18,19)13-7-6-12(20-13)14(16)17/h6-7,10-11,15H,2-5,8-9H2,1H3,(H,16,17). The highest BCUT2D eigenvalue weighted by atomic mass is 32.2. The van der Waals surface area contributed by atoms with Gasteiger partial charge in [-0.25, -0.2) is 17.9 Å². The molecule has 1 fully saturated rings. The summed E-state index contributed by atoms with van der Waals surface area (Å²) in [5.41, 5.74) is 0. The first kappa shape index (κ1) is 16.5. The Morgan fingerprint density at radius 3 is 2.57 bits per heavy atom. The fourth-order valence-corrected chi connectivity index (χ4v) is 4.90. The number of sulfonamides is 1. The molecule has 0 bridgehead atoms. The first-order chi connectivity index (χ1) is 9.88. The fourth-order valence-electron chi connectivity index (χ4n) is 2.67. The maximum atomic E-state index is 12.1. The van der Waals surface area contributed by atoms with E-state index in [1.165, 1.54) is 37.8 Å². The predicted octanol–water partition coefficient (Wildman–Crippen LogP) is 2.94. The zero-order valence-electron chi connectivity index (χ0n) is 12.0. The summed E-state index contributed by atoms with van der Waals surface area (Å²) in [6, 6.07) is 2.67. The van der Waals surface area contributed by atoms with Gasteiger partial charge in [0.1, 0.15) is 9.09 Å². The Kier molecular flexibility index (Phi) is 5.40. The summed E-state index contributed by atoms with van der Waals surface area (Å²) in [5.74, 6) is 0.290. The van der Waals surface area contributed by atoms with Crippen LogP contribution in [0.15, 0.2) is 16.3 Å². The molecule has 1 saturated carbocycles. The molecule has 0 atom stereocenters. The van der Waals surface area contributed by atoms with Crippen LogP contribution in [-0.2, 0) is 10.0 Å². The van der Waals surface area contributed by atoms with Crippen LogP contribution in [0.5, 0.6) is 0 Å². The van der Waals surface area contributed by atoms with E-state index in [-0.39, 0.29) is 9.09 Å². The second-order valence-corrected chi connectivity index (χ2v) is 8.81. The Bertz CT molecular complexity index is 586. The molecule has 1 heterocycles. The van der Waals surface area contributed by atoms with Crippen molar-refractivity contribution < 1.29 is 18.3 Å². The summed E-state index contributed by atoms with van der Waals surface area (Å²) in [4.78, 5) is 10.8. The van der Waals surface area contributed by atoms with Crippen molar-refractivity contribution in [3.05, 3.63) is 17.0 Å². The molecule has 0 aliphatic heterocycles. The number of carbonyl (C=O) groups is 1. The SMILES string of the molecule is CC1CCC(CCNS(=O)(=O)c2ccc(C(=O)O)s2)CC1. The predicted molar refractivity (Wildman–Crippen MR) is 82.2 cm³/mol. The van der Waals surface area contributed by atoms with E-state index in [1.54, 1.807) is 0 Å². The molecular formula is C14H21NO4S2. The highest BCUT2D eigenvalue weighted by Crippen LogP contribution is 2.30. The number of thiophene rings is 1. The quantitative estimate of drug-likeness (QED) is 0.839. The zero-order chi connectivity index (χ0) is 15.5. The lowest BCUT2D eigenvalue weighted by Gasteiger charge is -2.25. The number of carboxylic acids is 1. The van der Waals surface area contributed by atoms with E-state index in [9.17, 15) is 13.2 Å². The van der Waals surface area contributed by atoms with E-state index < -0.39 is 16.0 Å². The van der Waals surface area contributed by atoms with Crippen LogP contribution in [0, 0.1) is 11.8 Å². The molecule has 2 N–H and O–H groups in total. The average Bonchev–Trinajstić information content (AvgIpc) is 2.91. The first-order valence-electron chi connectivity index (χ1n) is 7.21. The fraction of sp³-hybridized carbons (Fsp3) is 0.643. The van der Waals surface area contributed by atoms with Gasteiger partial charge in [0.05, 0.1) is 0 Å². The molecule has 0 radical (unpaired) electrons. The van der Waals surface area contributed by atoms with E-state index in [2.05, 4.69) is 11.6 Å². The van der Waals surface area contributed by atoms with E-state index in [0.717, 1.165) is 23.7 Å². The third kappa shape index (κ3) is 4.52. The van der Waals surface area contributed by atoms with E-state index in [0.29, 0.717) is 12.5 Å². The van der Waals surface area contributed by atoms with Gasteiger partial charge in [0.2, 0.25) is 10.0 Å². The molecule has 0 aromatic carbocycles. The summed E-state index contributed by atoms with van der Waals surface area (Å²) >= 11 is 0.784. The van der Waals surface area contributed by atoms with Gasteiger partial charge in [-0.3, -0.25) is 0 Å². The number of rotatable bonds is 6. The van der Waals surface area contributed by atoms with Crippen LogP contribution in [0.3, 0.4) is 0 Å². The Labute approximate surface area is 129 Å². The van der Waals surface area contributed by atoms with Gasteiger partial charge in [-0.05, 0) is 30.4 Å². The van der Waals surface area contributed by atoms with E-state index in [4.69, 9.17) is 5.11 Å². The lowest BCUT2D eigenvalue weighted by molar-refractivity contribution is 0.0702. The molecule has 0 amide bonds. The summed E-state index contributed by atoms with van der Waals surface area (Å²) in [6.07, 6.45) is 5.65. The lowest BCUT2D eigenvalue weighted by atomic mass is 9.81. The highest BCUT2D eigenvalue weighted by Gasteiger charge is 2.21. The van der Waals surface area contributed by atoms with Gasteiger partial charge in [-0.15, -0.1) is 11.3 Å². The summed E-state index contributed by atoms with van der Waals surface area (Å²) in [6.45, 7) is 2.68. The number of hydrogen-bond acceptors (Lipinski definition) is 4. The Balaban J connectivity index is 1.85. The minimum atomic E-state index is -3.58. The molecule has 1 aliphatic carbocycles. The third-order valence-electron chi connectivity index (χ3n) is 4.04. The van der Waals surface area contributed by atoms with Gasteiger partial charge in [0.15, 0.2) is 0 Å². The van der Waals surface area contributed by atoms with Crippen LogP contribution in [0.4, 0.5) is 0 Å². The van der Waals surface area contributed by atoms with Crippen molar-refractivity contribution >= 4 is 27.3 Å². The van der Waals surface area contributed by atoms with Gasteiger partial charge >= 0.3 is 5.97 Å². The number of aromatic carboxylic acids is 1. The van der Waals surface area contributed by atoms with Crippen LogP contribution in [0.1, 0.15) is 48.7 Å². The van der Waals surface area contributed by atoms with Crippen molar-refractivity contribution in [2.45, 2.75) is 43.2 Å². The van der Waals surface area contributed by atoms with Crippen molar-refractivity contribution in [1.82, 2.24) is 4.72 Å². The number of carboxylic acid groups (broad SMARTS) is 1. The normalized spacial score (nSPS) is 23.1.